The number of fused-ring (bicyclic) bond motifs is 1. The average Bonchev–Trinajstić information content (AvgIpc) is 2.45. The van der Waals surface area contributed by atoms with Crippen molar-refractivity contribution in [3.05, 3.63) is 29.2 Å². The second kappa shape index (κ2) is 3.05. The lowest BCUT2D eigenvalue weighted by molar-refractivity contribution is 0.0696. The van der Waals surface area contributed by atoms with Gasteiger partial charge in [-0.15, -0.1) is 0 Å². The molecule has 0 fully saturated rings. The summed E-state index contributed by atoms with van der Waals surface area (Å²) in [6.07, 6.45) is 0. The van der Waals surface area contributed by atoms with E-state index >= 15 is 0 Å². The van der Waals surface area contributed by atoms with Crippen LogP contribution < -0.4 is 0 Å². The van der Waals surface area contributed by atoms with E-state index in [1.165, 1.54) is 10.7 Å². The van der Waals surface area contributed by atoms with Gasteiger partial charge in [0, 0.05) is 18.1 Å². The molecule has 15 heavy (non-hydrogen) atoms. The quantitative estimate of drug-likeness (QED) is 0.776. The number of aromatic nitrogens is 2. The van der Waals surface area contributed by atoms with E-state index in [0.29, 0.717) is 5.39 Å². The largest absolute Gasteiger partial charge is 0.478 e. The minimum Gasteiger partial charge on any atom is -0.478 e. The van der Waals surface area contributed by atoms with Gasteiger partial charge in [-0.3, -0.25) is 4.68 Å². The summed E-state index contributed by atoms with van der Waals surface area (Å²) in [7, 11) is 1.69. The Hall–Kier alpha value is -1.91. The predicted molar refractivity (Wildman–Crippen MR) is 52.4 cm³/mol. The van der Waals surface area contributed by atoms with E-state index in [9.17, 15) is 9.18 Å². The maximum absolute atomic E-state index is 13.5. The molecule has 0 bridgehead atoms. The fourth-order valence-corrected chi connectivity index (χ4v) is 1.50. The van der Waals surface area contributed by atoms with Crippen LogP contribution in [0.4, 0.5) is 4.39 Å². The van der Waals surface area contributed by atoms with Gasteiger partial charge in [-0.1, -0.05) is 0 Å². The molecule has 0 saturated carbocycles. The third-order valence-electron chi connectivity index (χ3n) is 2.44. The number of aromatic carboxylic acids is 1. The minimum absolute atomic E-state index is 0.0592. The minimum atomic E-state index is -1.14. The monoisotopic (exact) mass is 208 g/mol. The number of carbonyl (C=O) groups is 1. The van der Waals surface area contributed by atoms with Crippen LogP contribution in [0.5, 0.6) is 0 Å². The first-order valence-electron chi connectivity index (χ1n) is 4.37. The van der Waals surface area contributed by atoms with Crippen LogP contribution in [0.25, 0.3) is 10.9 Å². The fourth-order valence-electron chi connectivity index (χ4n) is 1.50. The zero-order chi connectivity index (χ0) is 11.2. The third kappa shape index (κ3) is 1.36. The van der Waals surface area contributed by atoms with E-state index in [1.807, 2.05) is 0 Å². The molecule has 0 unspecified atom stereocenters. The standard InChI is InChI=1S/C10H9FN2O2/c1-5-7-3-6(10(14)15)4-8(11)9(7)12-13(5)2/h3-4H,1-2H3,(H,14,15). The number of carboxylic acid groups (broad SMARTS) is 1. The topological polar surface area (TPSA) is 55.1 Å². The van der Waals surface area contributed by atoms with Crippen molar-refractivity contribution in [1.82, 2.24) is 9.78 Å². The average molecular weight is 208 g/mol. The Kier molecular flexibility index (Phi) is 1.96. The fraction of sp³-hybridized carbons (Fsp3) is 0.200. The molecular formula is C10H9FN2O2. The molecule has 78 valence electrons. The van der Waals surface area contributed by atoms with Crippen LogP contribution in [0.3, 0.4) is 0 Å². The van der Waals surface area contributed by atoms with Crippen LogP contribution in [0, 0.1) is 12.7 Å². The Morgan fingerprint density at radius 1 is 1.53 bits per heavy atom. The van der Waals surface area contributed by atoms with Crippen molar-refractivity contribution in [3.8, 4) is 0 Å². The molecule has 1 aromatic carbocycles. The number of aryl methyl sites for hydroxylation is 2. The zero-order valence-corrected chi connectivity index (χ0v) is 8.28. The van der Waals surface area contributed by atoms with Gasteiger partial charge in [0.1, 0.15) is 5.52 Å². The molecule has 1 N–H and O–H groups in total. The van der Waals surface area contributed by atoms with E-state index in [0.717, 1.165) is 11.8 Å². The van der Waals surface area contributed by atoms with Gasteiger partial charge in [-0.25, -0.2) is 9.18 Å². The molecule has 0 aliphatic heterocycles. The highest BCUT2D eigenvalue weighted by molar-refractivity contribution is 5.94. The van der Waals surface area contributed by atoms with Crippen molar-refractivity contribution in [1.29, 1.82) is 0 Å². The number of hydrogen-bond acceptors (Lipinski definition) is 2. The number of halogens is 1. The molecule has 0 aliphatic rings. The molecule has 4 nitrogen and oxygen atoms in total. The number of rotatable bonds is 1. The van der Waals surface area contributed by atoms with Gasteiger partial charge in [0.05, 0.1) is 5.56 Å². The van der Waals surface area contributed by atoms with Crippen LogP contribution in [0.2, 0.25) is 0 Å². The number of hydrogen-bond donors (Lipinski definition) is 1. The second-order valence-corrected chi connectivity index (χ2v) is 3.37. The van der Waals surface area contributed by atoms with Crippen LogP contribution in [0.15, 0.2) is 12.1 Å². The van der Waals surface area contributed by atoms with Crippen molar-refractivity contribution in [2.45, 2.75) is 6.92 Å². The predicted octanol–water partition coefficient (Wildman–Crippen LogP) is 1.72. The number of benzene rings is 1. The summed E-state index contributed by atoms with van der Waals surface area (Å²) in [5.41, 5.74) is 0.892. The van der Waals surface area contributed by atoms with Gasteiger partial charge in [0.25, 0.3) is 0 Å². The van der Waals surface area contributed by atoms with E-state index in [2.05, 4.69) is 5.10 Å². The highest BCUT2D eigenvalue weighted by atomic mass is 19.1. The summed E-state index contributed by atoms with van der Waals surface area (Å²) >= 11 is 0. The SMILES string of the molecule is Cc1c2cc(C(=O)O)cc(F)c2nn1C. The van der Waals surface area contributed by atoms with Crippen LogP contribution in [-0.4, -0.2) is 20.9 Å². The Balaban J connectivity index is 2.85. The van der Waals surface area contributed by atoms with Crippen LogP contribution in [-0.2, 0) is 7.05 Å². The molecule has 2 rings (SSSR count). The molecule has 0 aliphatic carbocycles. The first-order valence-corrected chi connectivity index (χ1v) is 4.37. The Morgan fingerprint density at radius 3 is 2.80 bits per heavy atom. The Labute approximate surface area is 84.9 Å². The molecule has 1 aromatic heterocycles. The molecule has 1 heterocycles. The molecule has 0 amide bonds. The van der Waals surface area contributed by atoms with Crippen LogP contribution in [0.1, 0.15) is 16.1 Å². The lowest BCUT2D eigenvalue weighted by Gasteiger charge is -1.96. The summed E-state index contributed by atoms with van der Waals surface area (Å²) in [6.45, 7) is 1.76. The molecule has 0 saturated heterocycles. The molecule has 2 aromatic rings. The molecule has 0 spiro atoms. The third-order valence-corrected chi connectivity index (χ3v) is 2.44. The molecule has 5 heteroatoms. The maximum atomic E-state index is 13.5. The van der Waals surface area contributed by atoms with Crippen molar-refractivity contribution in [2.24, 2.45) is 7.05 Å². The Bertz CT molecular complexity index is 560. The van der Waals surface area contributed by atoms with Gasteiger partial charge in [-0.05, 0) is 19.1 Å². The normalized spacial score (nSPS) is 10.9. The number of nitrogens with zero attached hydrogens (tertiary/aromatic N) is 2. The summed E-state index contributed by atoms with van der Waals surface area (Å²) < 4.78 is 15.0. The van der Waals surface area contributed by atoms with E-state index in [4.69, 9.17) is 5.11 Å². The summed E-state index contributed by atoms with van der Waals surface area (Å²) in [5, 5.41) is 13.3. The first kappa shape index (κ1) is 9.64. The van der Waals surface area contributed by atoms with E-state index in [1.54, 1.807) is 14.0 Å². The maximum Gasteiger partial charge on any atom is 0.335 e. The lowest BCUT2D eigenvalue weighted by atomic mass is 10.1. The lowest BCUT2D eigenvalue weighted by Crippen LogP contribution is -1.97. The van der Waals surface area contributed by atoms with Gasteiger partial charge < -0.3 is 5.11 Å². The van der Waals surface area contributed by atoms with Gasteiger partial charge >= 0.3 is 5.97 Å². The van der Waals surface area contributed by atoms with Gasteiger partial charge in [0.2, 0.25) is 0 Å². The van der Waals surface area contributed by atoms with Crippen molar-refractivity contribution in [2.75, 3.05) is 0 Å². The van der Waals surface area contributed by atoms with Crippen LogP contribution >= 0.6 is 0 Å². The van der Waals surface area contributed by atoms with E-state index in [-0.39, 0.29) is 11.1 Å². The van der Waals surface area contributed by atoms with Crippen molar-refractivity contribution >= 4 is 16.9 Å². The summed E-state index contributed by atoms with van der Waals surface area (Å²) in [5.74, 6) is -1.74. The second-order valence-electron chi connectivity index (χ2n) is 3.37. The highest BCUT2D eigenvalue weighted by Crippen LogP contribution is 2.21. The molecular weight excluding hydrogens is 199 g/mol. The smallest absolute Gasteiger partial charge is 0.335 e. The Morgan fingerprint density at radius 2 is 2.20 bits per heavy atom. The first-order chi connectivity index (χ1) is 7.00. The molecule has 0 radical (unpaired) electrons. The highest BCUT2D eigenvalue weighted by Gasteiger charge is 2.13. The van der Waals surface area contributed by atoms with Crippen molar-refractivity contribution in [3.63, 3.8) is 0 Å². The number of carboxylic acids is 1. The van der Waals surface area contributed by atoms with Gasteiger partial charge in [-0.2, -0.15) is 5.10 Å². The zero-order valence-electron chi connectivity index (χ0n) is 8.28. The summed E-state index contributed by atoms with van der Waals surface area (Å²) in [6, 6.07) is 2.42. The van der Waals surface area contributed by atoms with Gasteiger partial charge in [0.15, 0.2) is 5.82 Å². The molecule has 0 atom stereocenters. The van der Waals surface area contributed by atoms with E-state index < -0.39 is 11.8 Å². The van der Waals surface area contributed by atoms with Crippen molar-refractivity contribution < 1.29 is 14.3 Å². The summed E-state index contributed by atoms with van der Waals surface area (Å²) in [4.78, 5) is 10.7.